The highest BCUT2D eigenvalue weighted by Crippen LogP contribution is 2.31. The molecule has 1 amide bonds. The van der Waals surface area contributed by atoms with Crippen LogP contribution in [0.3, 0.4) is 0 Å². The molecule has 0 aliphatic heterocycles. The van der Waals surface area contributed by atoms with E-state index in [9.17, 15) is 4.79 Å². The Bertz CT molecular complexity index is 881. The molecule has 3 aromatic rings. The fraction of sp³-hybridized carbons (Fsp3) is 0.167. The number of anilines is 1. The smallest absolute Gasteiger partial charge is 0.252 e. The first-order valence-corrected chi connectivity index (χ1v) is 7.54. The summed E-state index contributed by atoms with van der Waals surface area (Å²) in [5.74, 6) is 0.141. The minimum atomic E-state index is -0.539. The zero-order valence-corrected chi connectivity index (χ0v) is 13.5. The number of carbonyl (C=O) groups is 1. The molecule has 0 bridgehead atoms. The van der Waals surface area contributed by atoms with Gasteiger partial charge in [0.1, 0.15) is 5.75 Å². The van der Waals surface area contributed by atoms with Crippen LogP contribution in [0.4, 0.5) is 5.69 Å². The third kappa shape index (κ3) is 2.99. The van der Waals surface area contributed by atoms with Crippen molar-refractivity contribution in [1.29, 1.82) is 0 Å². The molecule has 0 saturated carbocycles. The summed E-state index contributed by atoms with van der Waals surface area (Å²) in [7, 11) is 1.59. The largest absolute Gasteiger partial charge is 0.497 e. The van der Waals surface area contributed by atoms with E-state index in [-0.39, 0.29) is 6.04 Å². The van der Waals surface area contributed by atoms with Gasteiger partial charge in [0.2, 0.25) is 0 Å². The number of hydrogen-bond acceptors (Lipinski definition) is 5. The van der Waals surface area contributed by atoms with Crippen LogP contribution in [0, 0.1) is 0 Å². The molecule has 122 valence electrons. The van der Waals surface area contributed by atoms with E-state index in [0.29, 0.717) is 17.0 Å². The summed E-state index contributed by atoms with van der Waals surface area (Å²) >= 11 is 0. The molecule has 3 rings (SSSR count). The van der Waals surface area contributed by atoms with Crippen molar-refractivity contribution in [2.75, 3.05) is 12.4 Å². The molecule has 1 unspecified atom stereocenters. The van der Waals surface area contributed by atoms with Crippen molar-refractivity contribution in [3.8, 4) is 5.75 Å². The third-order valence-electron chi connectivity index (χ3n) is 3.83. The van der Waals surface area contributed by atoms with Crippen LogP contribution >= 0.6 is 0 Å². The maximum atomic E-state index is 11.8. The number of amides is 1. The van der Waals surface area contributed by atoms with Crippen molar-refractivity contribution < 1.29 is 9.53 Å². The Hall–Kier alpha value is -3.15. The van der Waals surface area contributed by atoms with Crippen LogP contribution in [0.25, 0.3) is 10.9 Å². The van der Waals surface area contributed by atoms with Crippen molar-refractivity contribution in [2.24, 2.45) is 5.73 Å². The standard InChI is InChI=1S/C18H18N4O2/c1-11(15-5-3-4-8-20-15)22-17-13-9-12(24-2)6-7-16(13)21-10-14(17)18(19)23/h3-11H,1-2H3,(H2,19,23)(H,21,22). The molecule has 0 saturated heterocycles. The van der Waals surface area contributed by atoms with Crippen LogP contribution in [0.1, 0.15) is 29.0 Å². The highest BCUT2D eigenvalue weighted by atomic mass is 16.5. The van der Waals surface area contributed by atoms with Crippen LogP contribution < -0.4 is 15.8 Å². The van der Waals surface area contributed by atoms with Crippen molar-refractivity contribution >= 4 is 22.5 Å². The van der Waals surface area contributed by atoms with E-state index in [2.05, 4.69) is 15.3 Å². The minimum absolute atomic E-state index is 0.110. The van der Waals surface area contributed by atoms with Crippen LogP contribution in [0.2, 0.25) is 0 Å². The first-order valence-electron chi connectivity index (χ1n) is 7.54. The number of rotatable bonds is 5. The number of nitrogens with two attached hydrogens (primary N) is 1. The molecule has 0 aliphatic rings. The fourth-order valence-corrected chi connectivity index (χ4v) is 2.56. The molecule has 0 spiro atoms. The molecule has 1 atom stereocenters. The van der Waals surface area contributed by atoms with Gasteiger partial charge in [-0.1, -0.05) is 6.07 Å². The lowest BCUT2D eigenvalue weighted by atomic mass is 10.1. The quantitative estimate of drug-likeness (QED) is 0.754. The van der Waals surface area contributed by atoms with Gasteiger partial charge in [-0.15, -0.1) is 0 Å². The summed E-state index contributed by atoms with van der Waals surface area (Å²) < 4.78 is 5.28. The van der Waals surface area contributed by atoms with E-state index in [1.54, 1.807) is 13.3 Å². The molecular formula is C18H18N4O2. The third-order valence-corrected chi connectivity index (χ3v) is 3.83. The lowest BCUT2D eigenvalue weighted by Gasteiger charge is -2.18. The number of pyridine rings is 2. The maximum Gasteiger partial charge on any atom is 0.252 e. The number of nitrogens with one attached hydrogen (secondary N) is 1. The highest BCUT2D eigenvalue weighted by Gasteiger charge is 2.17. The van der Waals surface area contributed by atoms with Crippen molar-refractivity contribution in [1.82, 2.24) is 9.97 Å². The van der Waals surface area contributed by atoms with Crippen LogP contribution in [-0.4, -0.2) is 23.0 Å². The van der Waals surface area contributed by atoms with Crippen molar-refractivity contribution in [2.45, 2.75) is 13.0 Å². The Kier molecular flexibility index (Phi) is 4.29. The Balaban J connectivity index is 2.12. The number of benzene rings is 1. The maximum absolute atomic E-state index is 11.8. The predicted octanol–water partition coefficient (Wildman–Crippen LogP) is 2.91. The number of hydrogen-bond donors (Lipinski definition) is 2. The Morgan fingerprint density at radius 1 is 1.25 bits per heavy atom. The Morgan fingerprint density at radius 3 is 2.75 bits per heavy atom. The zero-order valence-electron chi connectivity index (χ0n) is 13.5. The predicted molar refractivity (Wildman–Crippen MR) is 93.1 cm³/mol. The molecule has 2 heterocycles. The topological polar surface area (TPSA) is 90.1 Å². The van der Waals surface area contributed by atoms with Crippen LogP contribution in [0.5, 0.6) is 5.75 Å². The molecule has 6 nitrogen and oxygen atoms in total. The summed E-state index contributed by atoms with van der Waals surface area (Å²) in [6, 6.07) is 11.1. The molecule has 24 heavy (non-hydrogen) atoms. The second-order valence-corrected chi connectivity index (χ2v) is 5.41. The van der Waals surface area contributed by atoms with Crippen molar-refractivity contribution in [3.05, 3.63) is 60.0 Å². The molecule has 3 N–H and O–H groups in total. The lowest BCUT2D eigenvalue weighted by Crippen LogP contribution is -2.17. The summed E-state index contributed by atoms with van der Waals surface area (Å²) in [6.45, 7) is 1.97. The summed E-state index contributed by atoms with van der Waals surface area (Å²) in [5, 5.41) is 4.12. The number of ether oxygens (including phenoxy) is 1. The summed E-state index contributed by atoms with van der Waals surface area (Å²) in [5.41, 5.74) is 8.09. The average Bonchev–Trinajstić information content (AvgIpc) is 2.62. The van der Waals surface area contributed by atoms with Gasteiger partial charge in [-0.3, -0.25) is 14.8 Å². The van der Waals surface area contributed by atoms with Crippen LogP contribution in [0.15, 0.2) is 48.8 Å². The fourth-order valence-electron chi connectivity index (χ4n) is 2.56. The van der Waals surface area contributed by atoms with Gasteiger partial charge < -0.3 is 15.8 Å². The number of methoxy groups -OCH3 is 1. The number of primary amides is 1. The van der Waals surface area contributed by atoms with E-state index in [1.807, 2.05) is 43.3 Å². The number of fused-ring (bicyclic) bond motifs is 1. The molecule has 0 aliphatic carbocycles. The first kappa shape index (κ1) is 15.7. The van der Waals surface area contributed by atoms with Gasteiger partial charge in [-0.25, -0.2) is 0 Å². The van der Waals surface area contributed by atoms with Gasteiger partial charge in [0.05, 0.1) is 35.6 Å². The molecule has 0 radical (unpaired) electrons. The number of carbonyl (C=O) groups excluding carboxylic acids is 1. The summed E-state index contributed by atoms with van der Waals surface area (Å²) in [4.78, 5) is 20.5. The molecule has 2 aromatic heterocycles. The average molecular weight is 322 g/mol. The van der Waals surface area contributed by atoms with E-state index in [1.165, 1.54) is 6.20 Å². The summed E-state index contributed by atoms with van der Waals surface area (Å²) in [6.07, 6.45) is 3.22. The van der Waals surface area contributed by atoms with Gasteiger partial charge in [0.25, 0.3) is 5.91 Å². The molecule has 6 heteroatoms. The molecule has 0 fully saturated rings. The monoisotopic (exact) mass is 322 g/mol. The van der Waals surface area contributed by atoms with Gasteiger partial charge in [-0.2, -0.15) is 0 Å². The van der Waals surface area contributed by atoms with E-state index in [0.717, 1.165) is 16.6 Å². The Morgan fingerprint density at radius 2 is 2.08 bits per heavy atom. The SMILES string of the molecule is COc1ccc2ncc(C(N)=O)c(NC(C)c3ccccn3)c2c1. The zero-order chi connectivity index (χ0) is 17.1. The number of aromatic nitrogens is 2. The molecule has 1 aromatic carbocycles. The van der Waals surface area contributed by atoms with E-state index in [4.69, 9.17) is 10.5 Å². The highest BCUT2D eigenvalue weighted by molar-refractivity contribution is 6.06. The van der Waals surface area contributed by atoms with Gasteiger partial charge in [0.15, 0.2) is 0 Å². The normalized spacial score (nSPS) is 11.9. The van der Waals surface area contributed by atoms with Crippen molar-refractivity contribution in [3.63, 3.8) is 0 Å². The van der Waals surface area contributed by atoms with Gasteiger partial charge >= 0.3 is 0 Å². The van der Waals surface area contributed by atoms with Gasteiger partial charge in [0, 0.05) is 17.8 Å². The van der Waals surface area contributed by atoms with Gasteiger partial charge in [-0.05, 0) is 37.3 Å². The minimum Gasteiger partial charge on any atom is -0.497 e. The first-order chi connectivity index (χ1) is 11.6. The lowest BCUT2D eigenvalue weighted by molar-refractivity contribution is 0.100. The second kappa shape index (κ2) is 6.54. The molecular weight excluding hydrogens is 304 g/mol. The van der Waals surface area contributed by atoms with Crippen LogP contribution in [-0.2, 0) is 0 Å². The van der Waals surface area contributed by atoms with E-state index >= 15 is 0 Å². The second-order valence-electron chi connectivity index (χ2n) is 5.41. The Labute approximate surface area is 139 Å². The van der Waals surface area contributed by atoms with E-state index < -0.39 is 5.91 Å². The number of nitrogens with zero attached hydrogens (tertiary/aromatic N) is 2.